The monoisotopic (exact) mass is 146 g/mol. The Hall–Kier alpha value is 2.62. The zero-order valence-electron chi connectivity index (χ0n) is 3.79. The van der Waals surface area contributed by atoms with Crippen molar-refractivity contribution in [2.24, 2.45) is 0 Å². The van der Waals surface area contributed by atoms with E-state index in [0.29, 0.717) is 0 Å². The summed E-state index contributed by atoms with van der Waals surface area (Å²) in [5.41, 5.74) is 0. The maximum absolute atomic E-state index is 6.00. The van der Waals surface area contributed by atoms with E-state index < -0.39 is 0 Å². The van der Waals surface area contributed by atoms with Crippen LogP contribution < -0.4 is 59.1 Å². The second-order valence-corrected chi connectivity index (χ2v) is 0. The first-order valence-electron chi connectivity index (χ1n) is 0.200. The molecule has 0 radical (unpaired) electrons. The summed E-state index contributed by atoms with van der Waals surface area (Å²) in [7, 11) is 0. The number of hydrogen-bond donors (Lipinski definition) is 2. The minimum Gasteiger partial charge on any atom is -0.813 e. The summed E-state index contributed by atoms with van der Waals surface area (Å²) >= 11 is 0. The fraction of sp³-hybridized carbons (Fsp3) is 0. The van der Waals surface area contributed by atoms with Crippen LogP contribution in [-0.2, 0) is 27.0 Å². The first kappa shape index (κ1) is 38.2. The topological polar surface area (TPSA) is 40.5 Å². The fourth-order valence-electron chi connectivity index (χ4n) is 0. The Morgan fingerprint density at radius 1 is 0.667 bits per heavy atom. The van der Waals surface area contributed by atoms with Crippen molar-refractivity contribution in [1.82, 2.24) is 0 Å². The summed E-state index contributed by atoms with van der Waals surface area (Å²) in [6.07, 6.45) is 0. The van der Waals surface area contributed by atoms with Gasteiger partial charge < -0.3 is 27.0 Å². The molecule has 0 aliphatic rings. The predicted molar refractivity (Wildman–Crippen MR) is 22.8 cm³/mol. The van der Waals surface area contributed by atoms with E-state index in [-0.39, 0.29) is 86.1 Å². The molecule has 6 heteroatoms. The van der Waals surface area contributed by atoms with Crippen LogP contribution in [0.5, 0.6) is 0 Å². The first-order valence-corrected chi connectivity index (χ1v) is 0.200. The van der Waals surface area contributed by atoms with Crippen LogP contribution >= 0.6 is 0 Å². The van der Waals surface area contributed by atoms with Gasteiger partial charge >= 0.3 is 59.1 Å². The predicted octanol–water partition coefficient (Wildman–Crippen LogP) is -6.51. The van der Waals surface area contributed by atoms with Gasteiger partial charge in [-0.25, -0.2) is 0 Å². The van der Waals surface area contributed by atoms with E-state index in [2.05, 4.69) is 0 Å². The quantitative estimate of drug-likeness (QED) is 0.117. The Kier molecular flexibility index (Phi) is 310. The molecule has 6 heavy (non-hydrogen) atoms. The molecule has 0 bridgehead atoms. The summed E-state index contributed by atoms with van der Waals surface area (Å²) < 4.78 is 0. The molecule has 0 aliphatic carbocycles. The SMILES string of the molecule is OO.[Na+].[Na+].[SH-].[SH-]. The number of rotatable bonds is 0. The van der Waals surface area contributed by atoms with Crippen molar-refractivity contribution in [1.29, 1.82) is 0 Å². The van der Waals surface area contributed by atoms with E-state index in [9.17, 15) is 0 Å². The van der Waals surface area contributed by atoms with Crippen LogP contribution in [0.15, 0.2) is 0 Å². The van der Waals surface area contributed by atoms with Gasteiger partial charge in [-0.15, -0.1) is 0 Å². The van der Waals surface area contributed by atoms with Crippen molar-refractivity contribution in [2.45, 2.75) is 0 Å². The average Bonchev–Trinajstić information content (AvgIpc) is 1.00. The van der Waals surface area contributed by atoms with Crippen molar-refractivity contribution in [3.8, 4) is 0 Å². The van der Waals surface area contributed by atoms with Crippen LogP contribution in [0.3, 0.4) is 0 Å². The van der Waals surface area contributed by atoms with E-state index in [0.717, 1.165) is 0 Å². The van der Waals surface area contributed by atoms with Gasteiger partial charge in [-0.1, -0.05) is 0 Å². The molecule has 0 atom stereocenters. The number of hydrogen-bond acceptors (Lipinski definition) is 4. The first-order chi connectivity index (χ1) is 1.00. The van der Waals surface area contributed by atoms with Gasteiger partial charge in [0.2, 0.25) is 0 Å². The van der Waals surface area contributed by atoms with Gasteiger partial charge in [0.05, 0.1) is 0 Å². The summed E-state index contributed by atoms with van der Waals surface area (Å²) in [5, 5.41) is 12.0. The van der Waals surface area contributed by atoms with Crippen LogP contribution in [0.1, 0.15) is 0 Å². The second kappa shape index (κ2) is 48.6. The summed E-state index contributed by atoms with van der Waals surface area (Å²) in [4.78, 5) is 0. The van der Waals surface area contributed by atoms with Gasteiger partial charge in [0, 0.05) is 0 Å². The van der Waals surface area contributed by atoms with Crippen LogP contribution in [0, 0.1) is 0 Å². The van der Waals surface area contributed by atoms with Gasteiger partial charge in [-0.05, 0) is 0 Å². The van der Waals surface area contributed by atoms with Crippen molar-refractivity contribution in [2.75, 3.05) is 0 Å². The van der Waals surface area contributed by atoms with Crippen LogP contribution in [0.2, 0.25) is 0 Å². The van der Waals surface area contributed by atoms with Crippen molar-refractivity contribution >= 4 is 27.0 Å². The van der Waals surface area contributed by atoms with E-state index in [4.69, 9.17) is 10.5 Å². The molecule has 0 aliphatic heterocycles. The zero-order chi connectivity index (χ0) is 2.00. The summed E-state index contributed by atoms with van der Waals surface area (Å²) in [5.74, 6) is 0. The van der Waals surface area contributed by atoms with E-state index in [1.165, 1.54) is 0 Å². The molecule has 30 valence electrons. The van der Waals surface area contributed by atoms with Crippen molar-refractivity contribution in [3.63, 3.8) is 0 Å². The maximum atomic E-state index is 6.00. The molecule has 0 rings (SSSR count). The average molecular weight is 146 g/mol. The largest absolute Gasteiger partial charge is 1.00 e. The van der Waals surface area contributed by atoms with E-state index >= 15 is 0 Å². The Bertz CT molecular complexity index is 9.51. The van der Waals surface area contributed by atoms with Gasteiger partial charge in [0.1, 0.15) is 0 Å². The van der Waals surface area contributed by atoms with Gasteiger partial charge in [-0.2, -0.15) is 0 Å². The fourth-order valence-corrected chi connectivity index (χ4v) is 0. The molecular weight excluding hydrogens is 142 g/mol. The molecule has 0 fully saturated rings. The Morgan fingerprint density at radius 2 is 0.667 bits per heavy atom. The Balaban J connectivity index is -0.000000000833. The third-order valence-corrected chi connectivity index (χ3v) is 0. The summed E-state index contributed by atoms with van der Waals surface area (Å²) in [6, 6.07) is 0. The molecule has 0 heterocycles. The molecule has 0 saturated heterocycles. The zero-order valence-corrected chi connectivity index (χ0v) is 9.58. The van der Waals surface area contributed by atoms with Gasteiger partial charge in [-0.3, -0.25) is 10.5 Å². The molecule has 2 nitrogen and oxygen atoms in total. The third kappa shape index (κ3) is 30.5. The molecule has 0 aromatic heterocycles. The van der Waals surface area contributed by atoms with Crippen molar-refractivity contribution < 1.29 is 69.6 Å². The van der Waals surface area contributed by atoms with Gasteiger partial charge in [0.25, 0.3) is 0 Å². The van der Waals surface area contributed by atoms with Crippen LogP contribution in [-0.4, -0.2) is 10.5 Å². The Morgan fingerprint density at radius 3 is 0.667 bits per heavy atom. The van der Waals surface area contributed by atoms with Crippen molar-refractivity contribution in [3.05, 3.63) is 0 Å². The standard InChI is InChI=1S/2Na.H2O2.2H2S/c;;1-2;;/h;;1-2H;2*1H2/q2*+1;;;/p-2. The third-order valence-electron chi connectivity index (χ3n) is 0. The number of thiol groups is 2. The molecule has 0 aromatic rings. The van der Waals surface area contributed by atoms with Crippen LogP contribution in [0.4, 0.5) is 0 Å². The minimum absolute atomic E-state index is 0. The molecule has 0 aromatic carbocycles. The maximum Gasteiger partial charge on any atom is 1.00 e. The molecule has 0 unspecified atom stereocenters. The van der Waals surface area contributed by atoms with Gasteiger partial charge in [0.15, 0.2) is 0 Å². The minimum atomic E-state index is 0. The molecular formula is H4Na2O2S2. The molecule has 0 saturated carbocycles. The van der Waals surface area contributed by atoms with Crippen LogP contribution in [0.25, 0.3) is 0 Å². The Labute approximate surface area is 95.1 Å². The smallest absolute Gasteiger partial charge is 0.813 e. The van der Waals surface area contributed by atoms with E-state index in [1.54, 1.807) is 0 Å². The molecule has 0 spiro atoms. The molecule has 0 amide bonds. The van der Waals surface area contributed by atoms with E-state index in [1.807, 2.05) is 0 Å². The summed E-state index contributed by atoms with van der Waals surface area (Å²) in [6.45, 7) is 0. The molecule has 2 N–H and O–H groups in total. The normalized spacial score (nSPS) is 1.00. The second-order valence-electron chi connectivity index (χ2n) is 0.